The number of amides is 3. The molecule has 0 spiro atoms. The average Bonchev–Trinajstić information content (AvgIpc) is 3.24. The number of carbonyl (C=O) groups is 3. The number of Topliss-reactive ketones (excluding diaryl/α,β-unsaturated/α-hetero) is 1. The summed E-state index contributed by atoms with van der Waals surface area (Å²) >= 11 is 0. The van der Waals surface area contributed by atoms with Crippen LogP contribution in [-0.2, 0) is 17.3 Å². The summed E-state index contributed by atoms with van der Waals surface area (Å²) in [6.07, 6.45) is 0. The quantitative estimate of drug-likeness (QED) is 0.175. The number of aromatic nitrogens is 3. The summed E-state index contributed by atoms with van der Waals surface area (Å²) in [5, 5.41) is 10.8. The molecular weight excluding hydrogens is 500 g/mol. The predicted octanol–water partition coefficient (Wildman–Crippen LogP) is 4.30. The molecular formula is C28H30N6O5. The van der Waals surface area contributed by atoms with E-state index in [9.17, 15) is 14.4 Å². The summed E-state index contributed by atoms with van der Waals surface area (Å²) in [5.74, 6) is -0.271. The molecule has 3 amide bonds. The molecule has 0 unspecified atom stereocenters. The number of aryl methyl sites for hydroxylation is 2. The van der Waals surface area contributed by atoms with Crippen molar-refractivity contribution in [2.75, 3.05) is 17.4 Å². The van der Waals surface area contributed by atoms with Crippen molar-refractivity contribution in [3.63, 3.8) is 0 Å². The van der Waals surface area contributed by atoms with Crippen LogP contribution in [0.15, 0.2) is 54.6 Å². The first-order chi connectivity index (χ1) is 18.4. The standard InChI is InChI=1S/C28H30N6O5/c1-16-12-19(30-27(37)32-23-14-22(28(2,3)4)33-34(23)5)8-10-21(16)38-15-39-24-11-7-17-13-18(25(35)26(29)36)6-9-20(17)31-24/h6-14H,15H2,1-5H3,(H2,29,36)(H2,30,32,37). The van der Waals surface area contributed by atoms with Crippen molar-refractivity contribution in [2.24, 2.45) is 12.8 Å². The van der Waals surface area contributed by atoms with Crippen LogP contribution in [0, 0.1) is 6.92 Å². The van der Waals surface area contributed by atoms with E-state index in [0.29, 0.717) is 34.0 Å². The van der Waals surface area contributed by atoms with Crippen LogP contribution in [0.25, 0.3) is 10.9 Å². The lowest BCUT2D eigenvalue weighted by Gasteiger charge is -2.13. The number of hydrogen-bond donors (Lipinski definition) is 3. The average molecular weight is 531 g/mol. The van der Waals surface area contributed by atoms with Crippen molar-refractivity contribution >= 4 is 40.1 Å². The normalized spacial score (nSPS) is 11.2. The fourth-order valence-electron chi connectivity index (χ4n) is 3.74. The number of nitrogens with two attached hydrogens (primary N) is 1. The molecule has 2 aromatic heterocycles. The number of rotatable bonds is 8. The van der Waals surface area contributed by atoms with Crippen molar-refractivity contribution in [3.8, 4) is 11.6 Å². The number of anilines is 2. The number of nitrogens with one attached hydrogen (secondary N) is 2. The monoisotopic (exact) mass is 530 g/mol. The van der Waals surface area contributed by atoms with E-state index < -0.39 is 11.7 Å². The lowest BCUT2D eigenvalue weighted by molar-refractivity contribution is -0.114. The van der Waals surface area contributed by atoms with Crippen LogP contribution in [-0.4, -0.2) is 39.3 Å². The van der Waals surface area contributed by atoms with Crippen molar-refractivity contribution < 1.29 is 23.9 Å². The predicted molar refractivity (Wildman–Crippen MR) is 147 cm³/mol. The Hall–Kier alpha value is -4.93. The number of ether oxygens (including phenoxy) is 2. The zero-order chi connectivity index (χ0) is 28.3. The molecule has 11 heteroatoms. The van der Waals surface area contributed by atoms with Crippen LogP contribution in [0.2, 0.25) is 0 Å². The molecule has 0 saturated heterocycles. The number of urea groups is 1. The van der Waals surface area contributed by atoms with Gasteiger partial charge in [-0.3, -0.25) is 19.6 Å². The second-order valence-corrected chi connectivity index (χ2v) is 10.0. The first-order valence-corrected chi connectivity index (χ1v) is 12.1. The van der Waals surface area contributed by atoms with Gasteiger partial charge in [-0.15, -0.1) is 0 Å². The molecule has 2 aromatic carbocycles. The van der Waals surface area contributed by atoms with Gasteiger partial charge in [-0.05, 0) is 55.0 Å². The molecule has 0 bridgehead atoms. The number of ketones is 1. The van der Waals surface area contributed by atoms with Gasteiger partial charge in [0.15, 0.2) is 0 Å². The molecule has 0 aliphatic rings. The highest BCUT2D eigenvalue weighted by molar-refractivity contribution is 6.42. The maximum Gasteiger partial charge on any atom is 0.324 e. The minimum atomic E-state index is -1.01. The molecule has 2 heterocycles. The second kappa shape index (κ2) is 10.8. The third-order valence-corrected chi connectivity index (χ3v) is 5.89. The van der Waals surface area contributed by atoms with Gasteiger partial charge in [0.25, 0.3) is 5.91 Å². The van der Waals surface area contributed by atoms with E-state index in [4.69, 9.17) is 15.2 Å². The summed E-state index contributed by atoms with van der Waals surface area (Å²) in [7, 11) is 1.78. The Morgan fingerprint density at radius 3 is 2.41 bits per heavy atom. The number of fused-ring (bicyclic) bond motifs is 1. The Labute approximate surface area is 225 Å². The van der Waals surface area contributed by atoms with Crippen LogP contribution in [0.1, 0.15) is 42.4 Å². The summed E-state index contributed by atoms with van der Waals surface area (Å²) in [6, 6.07) is 14.7. The van der Waals surface area contributed by atoms with Gasteiger partial charge in [-0.1, -0.05) is 20.8 Å². The molecule has 0 saturated carbocycles. The Morgan fingerprint density at radius 1 is 0.974 bits per heavy atom. The number of nitrogens with zero attached hydrogens (tertiary/aromatic N) is 3. The lowest BCUT2D eigenvalue weighted by atomic mass is 9.92. The topological polar surface area (TPSA) is 150 Å². The van der Waals surface area contributed by atoms with Crippen LogP contribution in [0.5, 0.6) is 11.6 Å². The summed E-state index contributed by atoms with van der Waals surface area (Å²) < 4.78 is 13.0. The molecule has 0 atom stereocenters. The Bertz CT molecular complexity index is 1570. The van der Waals surface area contributed by atoms with Crippen LogP contribution >= 0.6 is 0 Å². The summed E-state index contributed by atoms with van der Waals surface area (Å²) in [5.41, 5.74) is 7.99. The molecule has 0 aliphatic carbocycles. The fourth-order valence-corrected chi connectivity index (χ4v) is 3.74. The van der Waals surface area contributed by atoms with E-state index in [1.807, 2.05) is 13.0 Å². The Balaban J connectivity index is 1.32. The van der Waals surface area contributed by atoms with Crippen molar-refractivity contribution in [2.45, 2.75) is 33.1 Å². The number of hydrogen-bond acceptors (Lipinski definition) is 7. The van der Waals surface area contributed by atoms with Crippen molar-refractivity contribution in [3.05, 3.63) is 71.4 Å². The highest BCUT2D eigenvalue weighted by Gasteiger charge is 2.20. The van der Waals surface area contributed by atoms with E-state index in [0.717, 1.165) is 11.3 Å². The largest absolute Gasteiger partial charge is 0.457 e. The van der Waals surface area contributed by atoms with Gasteiger partial charge in [0, 0.05) is 41.2 Å². The smallest absolute Gasteiger partial charge is 0.324 e. The second-order valence-electron chi connectivity index (χ2n) is 10.0. The fraction of sp³-hybridized carbons (Fsp3) is 0.250. The van der Waals surface area contributed by atoms with Gasteiger partial charge >= 0.3 is 6.03 Å². The highest BCUT2D eigenvalue weighted by Crippen LogP contribution is 2.25. The molecule has 0 radical (unpaired) electrons. The number of primary amides is 1. The minimum absolute atomic E-state index is 0.0958. The molecule has 0 fully saturated rings. The molecule has 0 aliphatic heterocycles. The highest BCUT2D eigenvalue weighted by atomic mass is 16.7. The van der Waals surface area contributed by atoms with E-state index in [1.54, 1.807) is 54.2 Å². The van der Waals surface area contributed by atoms with Gasteiger partial charge in [-0.2, -0.15) is 5.10 Å². The van der Waals surface area contributed by atoms with Gasteiger partial charge in [0.1, 0.15) is 11.6 Å². The van der Waals surface area contributed by atoms with Crippen LogP contribution < -0.4 is 25.8 Å². The molecule has 4 N–H and O–H groups in total. The third kappa shape index (κ3) is 6.50. The van der Waals surface area contributed by atoms with E-state index >= 15 is 0 Å². The first-order valence-electron chi connectivity index (χ1n) is 12.1. The van der Waals surface area contributed by atoms with Gasteiger partial charge < -0.3 is 20.5 Å². The third-order valence-electron chi connectivity index (χ3n) is 5.89. The maximum absolute atomic E-state index is 12.5. The van der Waals surface area contributed by atoms with Crippen LogP contribution in [0.4, 0.5) is 16.3 Å². The van der Waals surface area contributed by atoms with E-state index in [1.165, 1.54) is 6.07 Å². The zero-order valence-electron chi connectivity index (χ0n) is 22.4. The molecule has 202 valence electrons. The first kappa shape index (κ1) is 27.1. The van der Waals surface area contributed by atoms with Crippen molar-refractivity contribution in [1.29, 1.82) is 0 Å². The van der Waals surface area contributed by atoms with E-state index in [2.05, 4.69) is 41.5 Å². The van der Waals surface area contributed by atoms with Gasteiger partial charge in [0.05, 0.1) is 11.2 Å². The summed E-state index contributed by atoms with van der Waals surface area (Å²) in [6.45, 7) is 7.94. The SMILES string of the molecule is Cc1cc(NC(=O)Nc2cc(C(C)(C)C)nn2C)ccc1OCOc1ccc2cc(C(=O)C(N)=O)ccc2n1. The van der Waals surface area contributed by atoms with Crippen LogP contribution in [0.3, 0.4) is 0 Å². The van der Waals surface area contributed by atoms with Gasteiger partial charge in [-0.25, -0.2) is 9.78 Å². The molecule has 11 nitrogen and oxygen atoms in total. The Morgan fingerprint density at radius 2 is 1.74 bits per heavy atom. The number of benzene rings is 2. The summed E-state index contributed by atoms with van der Waals surface area (Å²) in [4.78, 5) is 39.8. The lowest BCUT2D eigenvalue weighted by Crippen LogP contribution is -2.22. The molecule has 39 heavy (non-hydrogen) atoms. The Kier molecular flexibility index (Phi) is 7.52. The maximum atomic E-state index is 12.5. The zero-order valence-corrected chi connectivity index (χ0v) is 22.4. The van der Waals surface area contributed by atoms with E-state index in [-0.39, 0.29) is 23.8 Å². The number of pyridine rings is 1. The van der Waals surface area contributed by atoms with Gasteiger partial charge in [0.2, 0.25) is 18.5 Å². The minimum Gasteiger partial charge on any atom is -0.457 e. The number of carbonyl (C=O) groups excluding carboxylic acids is 3. The molecule has 4 rings (SSSR count). The molecule has 4 aromatic rings. The van der Waals surface area contributed by atoms with Crippen molar-refractivity contribution in [1.82, 2.24) is 14.8 Å².